The lowest BCUT2D eigenvalue weighted by Crippen LogP contribution is -2.38. The van der Waals surface area contributed by atoms with Crippen molar-refractivity contribution in [1.82, 2.24) is 30.2 Å². The van der Waals surface area contributed by atoms with Crippen LogP contribution >= 0.6 is 0 Å². The van der Waals surface area contributed by atoms with E-state index in [0.29, 0.717) is 40.7 Å². The summed E-state index contributed by atoms with van der Waals surface area (Å²) in [6.07, 6.45) is -4.65. The zero-order valence-corrected chi connectivity index (χ0v) is 35.3. The third-order valence-corrected chi connectivity index (χ3v) is 13.0. The largest absolute Gasteiger partial charge is 0.415 e. The van der Waals surface area contributed by atoms with Crippen molar-refractivity contribution in [2.75, 3.05) is 48.1 Å². The van der Waals surface area contributed by atoms with E-state index in [9.17, 15) is 34.4 Å². The van der Waals surface area contributed by atoms with Crippen molar-refractivity contribution in [2.45, 2.75) is 38.4 Å². The van der Waals surface area contributed by atoms with E-state index in [1.807, 2.05) is 20.2 Å². The molecule has 0 unspecified atom stereocenters. The van der Waals surface area contributed by atoms with Gasteiger partial charge < -0.3 is 18.6 Å². The quantitative estimate of drug-likeness (QED) is 0.0820. The van der Waals surface area contributed by atoms with Gasteiger partial charge in [-0.25, -0.2) is 16.8 Å². The predicted octanol–water partition coefficient (Wildman–Crippen LogP) is 7.80. The fourth-order valence-corrected chi connectivity index (χ4v) is 8.89. The molecule has 0 N–H and O–H groups in total. The minimum Gasteiger partial charge on any atom is -0.415 e. The molecule has 2 aromatic heterocycles. The van der Waals surface area contributed by atoms with Crippen LogP contribution in [0, 0.1) is 0 Å². The van der Waals surface area contributed by atoms with E-state index >= 15 is 0 Å². The highest BCUT2D eigenvalue weighted by molar-refractivity contribution is 7.95. The van der Waals surface area contributed by atoms with Gasteiger partial charge in [-0.3, -0.25) is 8.61 Å². The van der Waals surface area contributed by atoms with Crippen LogP contribution < -0.4 is 8.61 Å². The summed E-state index contributed by atoms with van der Waals surface area (Å²) < 4.78 is 115. The van der Waals surface area contributed by atoms with E-state index in [1.165, 1.54) is 8.61 Å². The Labute approximate surface area is 357 Å². The second-order valence-corrected chi connectivity index (χ2v) is 18.1. The molecule has 0 saturated carbocycles. The molecule has 1 saturated heterocycles. The molecule has 62 heavy (non-hydrogen) atoms. The molecule has 0 aliphatic carbocycles. The van der Waals surface area contributed by atoms with Crippen molar-refractivity contribution in [3.8, 4) is 22.9 Å². The zero-order valence-electron chi connectivity index (χ0n) is 33.7. The minimum atomic E-state index is -3.71. The first-order valence-electron chi connectivity index (χ1n) is 19.2. The number of hydrogen-bond donors (Lipinski definition) is 0. The third-order valence-electron chi connectivity index (χ3n) is 9.89. The lowest BCUT2D eigenvalue weighted by atomic mass is 10.1. The van der Waals surface area contributed by atoms with Gasteiger partial charge in [0.25, 0.3) is 21.8 Å². The molecule has 3 heterocycles. The summed E-state index contributed by atoms with van der Waals surface area (Å²) in [6, 6.07) is 31.3. The van der Waals surface area contributed by atoms with Gasteiger partial charge in [-0.1, -0.05) is 67.2 Å². The number of nitrogens with zero attached hydrogens (tertiary/aromatic N) is 8. The Hall–Kier alpha value is -5.96. The van der Waals surface area contributed by atoms with E-state index in [1.54, 1.807) is 103 Å². The van der Waals surface area contributed by atoms with Crippen molar-refractivity contribution in [3.63, 3.8) is 0 Å². The molecule has 14 nitrogen and oxygen atoms in total. The Morgan fingerprint density at radius 1 is 0.694 bits per heavy atom. The fourth-order valence-electron chi connectivity index (χ4n) is 6.46. The number of aromatic nitrogens is 4. The molecule has 1 aliphatic heterocycles. The number of para-hydroxylation sites is 2. The molecule has 1 fully saturated rings. The lowest BCUT2D eigenvalue weighted by Gasteiger charge is -2.26. The van der Waals surface area contributed by atoms with E-state index in [4.69, 9.17) is 8.83 Å². The standard InChI is InChI=1S/C24H29F2N5O3S.C18H15F2N3O3S/c1-29(2)21-12-13-30(17-21)14-15-35(32,33)31(20-6-4-3-5-7-20)16-18-8-10-19(11-9-18)23-27-28-24(34-23)22(25)26;1-2-27(24,25)23(15-6-4-3-5-7-15)12-13-8-10-14(11-9-13)17-21-22-18(26-17)16(19)20/h3-11,21-22H,12-17H2,1-2H3;2-11,16H,1,12H2/t21-;/m0./s1. The second kappa shape index (κ2) is 20.3. The molecular formula is C42H44F4N8O6S2. The molecular weight excluding hydrogens is 853 g/mol. The average molecular weight is 897 g/mol. The van der Waals surface area contributed by atoms with Gasteiger partial charge in [-0.15, -0.1) is 20.4 Å². The summed E-state index contributed by atoms with van der Waals surface area (Å²) in [5.41, 5.74) is 3.44. The summed E-state index contributed by atoms with van der Waals surface area (Å²) in [5.74, 6) is -1.52. The lowest BCUT2D eigenvalue weighted by molar-refractivity contribution is 0.115. The normalized spacial score (nSPS) is 14.6. The third kappa shape index (κ3) is 11.7. The number of likely N-dealkylation sites (N-methyl/N-ethyl adjacent to an activating group) is 1. The Morgan fingerprint density at radius 2 is 1.15 bits per heavy atom. The monoisotopic (exact) mass is 896 g/mol. The summed E-state index contributed by atoms with van der Waals surface area (Å²) >= 11 is 0. The Balaban J connectivity index is 0.000000214. The van der Waals surface area contributed by atoms with Crippen LogP contribution in [0.25, 0.3) is 22.9 Å². The van der Waals surface area contributed by atoms with Crippen molar-refractivity contribution in [1.29, 1.82) is 0 Å². The number of rotatable bonds is 17. The van der Waals surface area contributed by atoms with E-state index < -0.39 is 44.7 Å². The van der Waals surface area contributed by atoms with Crippen molar-refractivity contribution < 1.29 is 43.2 Å². The van der Waals surface area contributed by atoms with E-state index in [2.05, 4.69) is 36.8 Å². The highest BCUT2D eigenvalue weighted by Crippen LogP contribution is 2.28. The number of halogens is 4. The van der Waals surface area contributed by atoms with Crippen molar-refractivity contribution in [3.05, 3.63) is 144 Å². The number of likely N-dealkylation sites (tertiary alicyclic amines) is 1. The molecule has 20 heteroatoms. The maximum atomic E-state index is 13.4. The van der Waals surface area contributed by atoms with Crippen LogP contribution in [0.1, 0.15) is 42.2 Å². The maximum absolute atomic E-state index is 13.4. The summed E-state index contributed by atoms with van der Waals surface area (Å²) in [7, 11) is -3.23. The van der Waals surface area contributed by atoms with Crippen LogP contribution in [-0.4, -0.2) is 92.6 Å². The number of benzene rings is 4. The highest BCUT2D eigenvalue weighted by atomic mass is 32.2. The minimum absolute atomic E-state index is 0.0124. The molecule has 0 bridgehead atoms. The van der Waals surface area contributed by atoms with Gasteiger partial charge >= 0.3 is 12.9 Å². The van der Waals surface area contributed by atoms with E-state index in [-0.39, 0.29) is 30.6 Å². The number of alkyl halides is 4. The van der Waals surface area contributed by atoms with Gasteiger partial charge in [0.15, 0.2) is 0 Å². The van der Waals surface area contributed by atoms with Crippen LogP contribution in [-0.2, 0) is 33.1 Å². The molecule has 328 valence electrons. The van der Waals surface area contributed by atoms with Crippen LogP contribution in [0.3, 0.4) is 0 Å². The second-order valence-electron chi connectivity index (χ2n) is 14.3. The van der Waals surface area contributed by atoms with Gasteiger partial charge in [0.1, 0.15) is 0 Å². The van der Waals surface area contributed by atoms with Crippen LogP contribution in [0.4, 0.5) is 28.9 Å². The average Bonchev–Trinajstić information content (AvgIpc) is 4.08. The zero-order chi connectivity index (χ0) is 44.4. The molecule has 0 radical (unpaired) electrons. The predicted molar refractivity (Wildman–Crippen MR) is 226 cm³/mol. The molecule has 0 spiro atoms. The van der Waals surface area contributed by atoms with Crippen LogP contribution in [0.2, 0.25) is 0 Å². The fraction of sp³-hybridized carbons (Fsp3) is 0.286. The Kier molecular flexibility index (Phi) is 14.9. The molecule has 1 atom stereocenters. The molecule has 1 aliphatic rings. The van der Waals surface area contributed by atoms with Crippen molar-refractivity contribution in [2.24, 2.45) is 0 Å². The molecule has 6 aromatic rings. The summed E-state index contributed by atoms with van der Waals surface area (Å²) in [6.45, 7) is 5.80. The Morgan fingerprint density at radius 3 is 1.55 bits per heavy atom. The smallest absolute Gasteiger partial charge is 0.314 e. The number of anilines is 2. The van der Waals surface area contributed by atoms with Crippen molar-refractivity contribution >= 4 is 31.4 Å². The van der Waals surface area contributed by atoms with Crippen LogP contribution in [0.5, 0.6) is 0 Å². The number of sulfonamides is 2. The summed E-state index contributed by atoms with van der Waals surface area (Å²) in [5, 5.41) is 14.7. The highest BCUT2D eigenvalue weighted by Gasteiger charge is 2.28. The van der Waals surface area contributed by atoms with Gasteiger partial charge in [0.2, 0.25) is 21.8 Å². The molecule has 7 rings (SSSR count). The Bertz CT molecular complexity index is 2580. The first-order chi connectivity index (χ1) is 29.6. The summed E-state index contributed by atoms with van der Waals surface area (Å²) in [4.78, 5) is 4.37. The van der Waals surface area contributed by atoms with Crippen LogP contribution in [0.15, 0.2) is 130 Å². The van der Waals surface area contributed by atoms with Gasteiger partial charge in [-0.2, -0.15) is 17.6 Å². The van der Waals surface area contributed by atoms with Gasteiger partial charge in [0, 0.05) is 35.7 Å². The number of hydrogen-bond acceptors (Lipinski definition) is 12. The molecule has 4 aromatic carbocycles. The molecule has 0 amide bonds. The SMILES string of the molecule is C=CS(=O)(=O)N(Cc1ccc(-c2nnc(C(F)F)o2)cc1)c1ccccc1.CN(C)[C@H]1CCN(CCS(=O)(=O)N(Cc2ccc(-c3nnc(C(F)F)o3)cc2)c2ccccc2)C1. The van der Waals surface area contributed by atoms with Gasteiger partial charge in [0.05, 0.1) is 30.2 Å². The topological polar surface area (TPSA) is 159 Å². The van der Waals surface area contributed by atoms with E-state index in [0.717, 1.165) is 30.5 Å². The van der Waals surface area contributed by atoms with Gasteiger partial charge in [-0.05, 0) is 86.7 Å². The first kappa shape index (κ1) is 45.6. The maximum Gasteiger partial charge on any atom is 0.314 e. The first-order valence-corrected chi connectivity index (χ1v) is 22.3.